The van der Waals surface area contributed by atoms with Crippen molar-refractivity contribution in [2.45, 2.75) is 0 Å². The molecule has 16 heavy (non-hydrogen) atoms. The minimum absolute atomic E-state index is 0.0958. The molecule has 0 fully saturated rings. The van der Waals surface area contributed by atoms with Crippen LogP contribution >= 0.6 is 0 Å². The highest BCUT2D eigenvalue weighted by atomic mass is 16.6. The number of H-pyrrole nitrogens is 1. The van der Waals surface area contributed by atoms with Crippen molar-refractivity contribution >= 4 is 11.4 Å². The van der Waals surface area contributed by atoms with Crippen molar-refractivity contribution in [2.75, 3.05) is 5.73 Å². The highest BCUT2D eigenvalue weighted by Crippen LogP contribution is 2.33. The number of aromatic nitrogens is 2. The average Bonchev–Trinajstić information content (AvgIpc) is 2.65. The van der Waals surface area contributed by atoms with Gasteiger partial charge in [0, 0.05) is 12.1 Å². The number of nitrogen functional groups attached to an aromatic ring is 1. The molecule has 0 amide bonds. The second-order valence-corrected chi connectivity index (χ2v) is 3.16. The first-order valence-corrected chi connectivity index (χ1v) is 4.36. The van der Waals surface area contributed by atoms with Gasteiger partial charge in [0.2, 0.25) is 0 Å². The maximum absolute atomic E-state index is 10.6. The zero-order valence-electron chi connectivity index (χ0n) is 8.04. The number of hydrogen-bond donors (Lipinski definition) is 3. The molecule has 0 spiro atoms. The molecule has 2 aromatic rings. The molecule has 2 rings (SSSR count). The molecule has 0 aliphatic heterocycles. The Bertz CT molecular complexity index is 549. The molecular weight excluding hydrogens is 212 g/mol. The summed E-state index contributed by atoms with van der Waals surface area (Å²) in [5.74, 6) is -0.0958. The van der Waals surface area contributed by atoms with Crippen molar-refractivity contribution in [1.82, 2.24) is 10.2 Å². The molecule has 7 nitrogen and oxygen atoms in total. The number of nitro groups is 1. The fourth-order valence-electron chi connectivity index (χ4n) is 1.35. The third kappa shape index (κ3) is 1.54. The van der Waals surface area contributed by atoms with E-state index in [1.807, 2.05) is 0 Å². The number of nitro benzene ring substituents is 1. The number of benzene rings is 1. The topological polar surface area (TPSA) is 118 Å². The summed E-state index contributed by atoms with van der Waals surface area (Å²) in [6, 6.07) is 3.69. The minimum Gasteiger partial charge on any atom is -0.507 e. The summed E-state index contributed by atoms with van der Waals surface area (Å²) < 4.78 is 0. The van der Waals surface area contributed by atoms with E-state index >= 15 is 0 Å². The average molecular weight is 220 g/mol. The Hall–Kier alpha value is -2.57. The third-order valence-corrected chi connectivity index (χ3v) is 2.13. The number of phenols is 1. The van der Waals surface area contributed by atoms with E-state index in [4.69, 9.17) is 5.73 Å². The summed E-state index contributed by atoms with van der Waals surface area (Å²) in [5.41, 5.74) is 6.40. The van der Waals surface area contributed by atoms with Gasteiger partial charge in [-0.3, -0.25) is 15.2 Å². The second kappa shape index (κ2) is 3.54. The Labute approximate surface area is 89.7 Å². The van der Waals surface area contributed by atoms with E-state index in [0.717, 1.165) is 0 Å². The molecule has 0 aliphatic rings. The van der Waals surface area contributed by atoms with Crippen LogP contribution in [-0.4, -0.2) is 20.2 Å². The number of non-ortho nitro benzene ring substituents is 1. The molecule has 0 atom stereocenters. The quantitative estimate of drug-likeness (QED) is 0.520. The van der Waals surface area contributed by atoms with Gasteiger partial charge in [-0.05, 0) is 6.07 Å². The summed E-state index contributed by atoms with van der Waals surface area (Å²) in [6.07, 6.45) is 1.37. The molecule has 1 aromatic carbocycles. The Kier molecular flexibility index (Phi) is 2.20. The molecule has 0 aliphatic carbocycles. The Balaban J connectivity index is 2.60. The predicted molar refractivity (Wildman–Crippen MR) is 56.8 cm³/mol. The van der Waals surface area contributed by atoms with Crippen molar-refractivity contribution in [2.24, 2.45) is 0 Å². The Morgan fingerprint density at radius 2 is 2.25 bits per heavy atom. The van der Waals surface area contributed by atoms with Crippen LogP contribution in [0.2, 0.25) is 0 Å². The molecule has 1 aromatic heterocycles. The number of nitrogens with zero attached hydrogens (tertiary/aromatic N) is 2. The minimum atomic E-state index is -0.546. The van der Waals surface area contributed by atoms with Crippen LogP contribution in [0, 0.1) is 10.1 Å². The van der Waals surface area contributed by atoms with Gasteiger partial charge in [0.15, 0.2) is 0 Å². The number of rotatable bonds is 2. The lowest BCUT2D eigenvalue weighted by Gasteiger charge is -2.02. The lowest BCUT2D eigenvalue weighted by molar-refractivity contribution is -0.384. The van der Waals surface area contributed by atoms with Crippen molar-refractivity contribution in [3.05, 3.63) is 34.5 Å². The fourth-order valence-corrected chi connectivity index (χ4v) is 1.35. The largest absolute Gasteiger partial charge is 0.507 e. The van der Waals surface area contributed by atoms with Crippen LogP contribution in [0.25, 0.3) is 11.3 Å². The van der Waals surface area contributed by atoms with Gasteiger partial charge in [-0.25, -0.2) is 0 Å². The summed E-state index contributed by atoms with van der Waals surface area (Å²) in [5, 5.41) is 26.4. The Morgan fingerprint density at radius 1 is 1.50 bits per heavy atom. The van der Waals surface area contributed by atoms with Gasteiger partial charge in [0.05, 0.1) is 28.1 Å². The highest BCUT2D eigenvalue weighted by Gasteiger charge is 2.14. The highest BCUT2D eigenvalue weighted by molar-refractivity contribution is 5.77. The molecular formula is C9H8N4O3. The summed E-state index contributed by atoms with van der Waals surface area (Å²) >= 11 is 0. The Morgan fingerprint density at radius 3 is 2.81 bits per heavy atom. The first-order valence-electron chi connectivity index (χ1n) is 4.36. The van der Waals surface area contributed by atoms with Gasteiger partial charge < -0.3 is 10.8 Å². The van der Waals surface area contributed by atoms with E-state index in [-0.39, 0.29) is 17.0 Å². The number of aromatic amines is 1. The molecule has 0 unspecified atom stereocenters. The van der Waals surface area contributed by atoms with Gasteiger partial charge in [-0.15, -0.1) is 0 Å². The van der Waals surface area contributed by atoms with Crippen LogP contribution in [-0.2, 0) is 0 Å². The molecule has 0 saturated carbocycles. The van der Waals surface area contributed by atoms with Crippen LogP contribution in [0.15, 0.2) is 24.4 Å². The monoisotopic (exact) mass is 220 g/mol. The third-order valence-electron chi connectivity index (χ3n) is 2.13. The predicted octanol–water partition coefficient (Wildman–Crippen LogP) is 1.27. The molecule has 4 N–H and O–H groups in total. The van der Waals surface area contributed by atoms with Crippen molar-refractivity contribution in [3.8, 4) is 17.0 Å². The first kappa shape index (κ1) is 9.97. The van der Waals surface area contributed by atoms with Crippen LogP contribution in [0.1, 0.15) is 0 Å². The number of aromatic hydroxyl groups is 1. The van der Waals surface area contributed by atoms with E-state index in [1.165, 1.54) is 24.4 Å². The molecule has 0 saturated heterocycles. The van der Waals surface area contributed by atoms with Crippen molar-refractivity contribution in [3.63, 3.8) is 0 Å². The maximum atomic E-state index is 10.6. The second-order valence-electron chi connectivity index (χ2n) is 3.16. The van der Waals surface area contributed by atoms with Gasteiger partial charge in [-0.1, -0.05) is 0 Å². The fraction of sp³-hybridized carbons (Fsp3) is 0. The number of nitrogens with one attached hydrogen (secondary N) is 1. The van der Waals surface area contributed by atoms with E-state index in [9.17, 15) is 15.2 Å². The smallest absolute Gasteiger partial charge is 0.270 e. The van der Waals surface area contributed by atoms with E-state index in [0.29, 0.717) is 11.4 Å². The number of nitrogens with two attached hydrogens (primary N) is 1. The summed E-state index contributed by atoms with van der Waals surface area (Å²) in [7, 11) is 0. The lowest BCUT2D eigenvalue weighted by Crippen LogP contribution is -1.91. The van der Waals surface area contributed by atoms with Crippen LogP contribution < -0.4 is 5.73 Å². The normalized spacial score (nSPS) is 10.2. The van der Waals surface area contributed by atoms with Crippen LogP contribution in [0.3, 0.4) is 0 Å². The van der Waals surface area contributed by atoms with Crippen molar-refractivity contribution in [1.29, 1.82) is 0 Å². The summed E-state index contributed by atoms with van der Waals surface area (Å²) in [4.78, 5) is 10.0. The van der Waals surface area contributed by atoms with Gasteiger partial charge in [0.25, 0.3) is 5.69 Å². The number of phenolic OH excluding ortho intramolecular Hbond substituents is 1. The number of anilines is 1. The van der Waals surface area contributed by atoms with E-state index in [2.05, 4.69) is 10.2 Å². The van der Waals surface area contributed by atoms with E-state index < -0.39 is 4.92 Å². The maximum Gasteiger partial charge on any atom is 0.270 e. The molecule has 7 heteroatoms. The lowest BCUT2D eigenvalue weighted by atomic mass is 10.1. The summed E-state index contributed by atoms with van der Waals surface area (Å²) in [6.45, 7) is 0. The van der Waals surface area contributed by atoms with Gasteiger partial charge in [0.1, 0.15) is 5.75 Å². The van der Waals surface area contributed by atoms with E-state index in [1.54, 1.807) is 0 Å². The van der Waals surface area contributed by atoms with Gasteiger partial charge in [-0.2, -0.15) is 5.10 Å². The zero-order chi connectivity index (χ0) is 11.7. The van der Waals surface area contributed by atoms with Crippen molar-refractivity contribution < 1.29 is 10.0 Å². The first-order chi connectivity index (χ1) is 7.59. The standard InChI is InChI=1S/C9H8N4O3/c10-7-4-11-12-9(7)6-3-5(13(15)16)1-2-8(6)14/h1-4,14H,10H2,(H,11,12). The van der Waals surface area contributed by atoms with Crippen LogP contribution in [0.4, 0.5) is 11.4 Å². The molecule has 1 heterocycles. The number of hydrogen-bond acceptors (Lipinski definition) is 5. The molecule has 0 bridgehead atoms. The molecule has 0 radical (unpaired) electrons. The van der Waals surface area contributed by atoms with Gasteiger partial charge >= 0.3 is 0 Å². The zero-order valence-corrected chi connectivity index (χ0v) is 8.04. The molecule has 82 valence electrons. The SMILES string of the molecule is Nc1cn[nH]c1-c1cc([N+](=O)[O-])ccc1O. The van der Waals surface area contributed by atoms with Crippen LogP contribution in [0.5, 0.6) is 5.75 Å².